The Kier molecular flexibility index (Phi) is 4.23. The Morgan fingerprint density at radius 1 is 1.29 bits per heavy atom. The fourth-order valence-corrected chi connectivity index (χ4v) is 2.39. The SMILES string of the molecule is CNCC(CC(F)(F)F)C1CCCC1. The van der Waals surface area contributed by atoms with E-state index in [0.29, 0.717) is 6.54 Å². The summed E-state index contributed by atoms with van der Waals surface area (Å²) in [4.78, 5) is 0. The van der Waals surface area contributed by atoms with E-state index in [1.165, 1.54) is 0 Å². The largest absolute Gasteiger partial charge is 0.389 e. The molecule has 4 heteroatoms. The van der Waals surface area contributed by atoms with Crippen molar-refractivity contribution in [1.82, 2.24) is 5.32 Å². The molecule has 1 unspecified atom stereocenters. The van der Waals surface area contributed by atoms with Gasteiger partial charge in [0.1, 0.15) is 0 Å². The van der Waals surface area contributed by atoms with Crippen LogP contribution in [0.5, 0.6) is 0 Å². The second kappa shape index (κ2) is 5.01. The summed E-state index contributed by atoms with van der Waals surface area (Å²) in [6.07, 6.45) is -0.487. The van der Waals surface area contributed by atoms with Gasteiger partial charge in [-0.15, -0.1) is 0 Å². The number of hydrogen-bond acceptors (Lipinski definition) is 1. The molecule has 0 heterocycles. The number of hydrogen-bond donors (Lipinski definition) is 1. The van der Waals surface area contributed by atoms with Gasteiger partial charge in [-0.1, -0.05) is 25.7 Å². The molecule has 0 bridgehead atoms. The second-order valence-corrected chi connectivity index (χ2v) is 4.18. The Bertz CT molecular complexity index is 161. The van der Waals surface area contributed by atoms with E-state index in [0.717, 1.165) is 25.7 Å². The summed E-state index contributed by atoms with van der Waals surface area (Å²) in [7, 11) is 1.72. The first-order chi connectivity index (χ1) is 6.53. The molecule has 0 aromatic heterocycles. The van der Waals surface area contributed by atoms with E-state index < -0.39 is 12.6 Å². The van der Waals surface area contributed by atoms with Gasteiger partial charge in [-0.05, 0) is 25.4 Å². The molecule has 1 saturated carbocycles. The van der Waals surface area contributed by atoms with Crippen LogP contribution in [0.1, 0.15) is 32.1 Å². The monoisotopic (exact) mass is 209 g/mol. The minimum absolute atomic E-state index is 0.220. The van der Waals surface area contributed by atoms with Crippen molar-refractivity contribution in [2.24, 2.45) is 11.8 Å². The third kappa shape index (κ3) is 3.86. The van der Waals surface area contributed by atoms with Gasteiger partial charge in [-0.3, -0.25) is 0 Å². The Balaban J connectivity index is 2.45. The molecule has 1 N–H and O–H groups in total. The third-order valence-corrected chi connectivity index (χ3v) is 3.03. The summed E-state index contributed by atoms with van der Waals surface area (Å²) in [6, 6.07) is 0. The lowest BCUT2D eigenvalue weighted by molar-refractivity contribution is -0.147. The summed E-state index contributed by atoms with van der Waals surface area (Å²) in [5.74, 6) is 0.0616. The van der Waals surface area contributed by atoms with Crippen molar-refractivity contribution in [2.75, 3.05) is 13.6 Å². The van der Waals surface area contributed by atoms with Gasteiger partial charge in [0.15, 0.2) is 0 Å². The first-order valence-electron chi connectivity index (χ1n) is 5.24. The highest BCUT2D eigenvalue weighted by Crippen LogP contribution is 2.37. The predicted octanol–water partition coefficient (Wildman–Crippen LogP) is 2.96. The maximum absolute atomic E-state index is 12.3. The molecule has 1 atom stereocenters. The standard InChI is InChI=1S/C10H18F3N/c1-14-7-9(6-10(11,12)13)8-4-2-3-5-8/h8-9,14H,2-7H2,1H3. The van der Waals surface area contributed by atoms with Crippen molar-refractivity contribution in [2.45, 2.75) is 38.3 Å². The molecular formula is C10H18F3N. The van der Waals surface area contributed by atoms with Crippen LogP contribution in [0, 0.1) is 11.8 Å². The molecule has 1 aliphatic carbocycles. The van der Waals surface area contributed by atoms with Crippen molar-refractivity contribution >= 4 is 0 Å². The Labute approximate surface area is 83.1 Å². The van der Waals surface area contributed by atoms with Crippen molar-refractivity contribution in [3.05, 3.63) is 0 Å². The van der Waals surface area contributed by atoms with E-state index in [4.69, 9.17) is 0 Å². The van der Waals surface area contributed by atoms with Crippen LogP contribution in [0.3, 0.4) is 0 Å². The van der Waals surface area contributed by atoms with Gasteiger partial charge in [-0.25, -0.2) is 0 Å². The molecule has 0 aromatic rings. The van der Waals surface area contributed by atoms with Crippen molar-refractivity contribution in [3.63, 3.8) is 0 Å². The molecule has 14 heavy (non-hydrogen) atoms. The minimum atomic E-state index is -4.01. The smallest absolute Gasteiger partial charge is 0.319 e. The number of alkyl halides is 3. The highest BCUT2D eigenvalue weighted by atomic mass is 19.4. The zero-order valence-corrected chi connectivity index (χ0v) is 8.53. The number of nitrogens with one attached hydrogen (secondary N) is 1. The lowest BCUT2D eigenvalue weighted by atomic mass is 9.88. The summed E-state index contributed by atoms with van der Waals surface area (Å²) in [5.41, 5.74) is 0. The summed E-state index contributed by atoms with van der Waals surface area (Å²) >= 11 is 0. The molecule has 84 valence electrons. The predicted molar refractivity (Wildman–Crippen MR) is 50.0 cm³/mol. The Morgan fingerprint density at radius 2 is 1.86 bits per heavy atom. The summed E-state index contributed by atoms with van der Waals surface area (Å²) in [6.45, 7) is 0.490. The van der Waals surface area contributed by atoms with Crippen LogP contribution in [-0.4, -0.2) is 19.8 Å². The molecule has 1 rings (SSSR count). The van der Waals surface area contributed by atoms with E-state index in [1.54, 1.807) is 7.05 Å². The molecule has 1 fully saturated rings. The summed E-state index contributed by atoms with van der Waals surface area (Å²) < 4.78 is 36.8. The molecule has 1 aliphatic rings. The zero-order chi connectivity index (χ0) is 10.6. The van der Waals surface area contributed by atoms with Gasteiger partial charge >= 0.3 is 6.18 Å². The molecule has 0 amide bonds. The normalized spacial score (nSPS) is 21.4. The maximum atomic E-state index is 12.3. The quantitative estimate of drug-likeness (QED) is 0.750. The molecular weight excluding hydrogens is 191 g/mol. The van der Waals surface area contributed by atoms with E-state index in [-0.39, 0.29) is 11.8 Å². The third-order valence-electron chi connectivity index (χ3n) is 3.03. The van der Waals surface area contributed by atoms with E-state index >= 15 is 0 Å². The maximum Gasteiger partial charge on any atom is 0.389 e. The van der Waals surface area contributed by atoms with Crippen LogP contribution in [0.2, 0.25) is 0 Å². The van der Waals surface area contributed by atoms with Crippen LogP contribution in [0.15, 0.2) is 0 Å². The molecule has 0 spiro atoms. The van der Waals surface area contributed by atoms with Gasteiger partial charge in [0.25, 0.3) is 0 Å². The second-order valence-electron chi connectivity index (χ2n) is 4.18. The van der Waals surface area contributed by atoms with Gasteiger partial charge in [0.2, 0.25) is 0 Å². The van der Waals surface area contributed by atoms with Crippen molar-refractivity contribution in [1.29, 1.82) is 0 Å². The lowest BCUT2D eigenvalue weighted by Crippen LogP contribution is -2.29. The molecule has 1 nitrogen and oxygen atoms in total. The average molecular weight is 209 g/mol. The molecule has 0 saturated heterocycles. The van der Waals surface area contributed by atoms with Crippen LogP contribution in [0.25, 0.3) is 0 Å². The summed E-state index contributed by atoms with van der Waals surface area (Å²) in [5, 5.41) is 2.87. The fraction of sp³-hybridized carbons (Fsp3) is 1.00. The molecule has 0 aliphatic heterocycles. The van der Waals surface area contributed by atoms with Gasteiger partial charge in [-0.2, -0.15) is 13.2 Å². The van der Waals surface area contributed by atoms with E-state index in [9.17, 15) is 13.2 Å². The lowest BCUT2D eigenvalue weighted by Gasteiger charge is -2.24. The van der Waals surface area contributed by atoms with E-state index in [2.05, 4.69) is 5.32 Å². The van der Waals surface area contributed by atoms with Crippen molar-refractivity contribution < 1.29 is 13.2 Å². The first kappa shape index (κ1) is 11.8. The number of halogens is 3. The zero-order valence-electron chi connectivity index (χ0n) is 8.53. The topological polar surface area (TPSA) is 12.0 Å². The average Bonchev–Trinajstić information content (AvgIpc) is 2.52. The van der Waals surface area contributed by atoms with Crippen LogP contribution >= 0.6 is 0 Å². The number of rotatable bonds is 4. The van der Waals surface area contributed by atoms with Gasteiger partial charge in [0, 0.05) is 6.42 Å². The fourth-order valence-electron chi connectivity index (χ4n) is 2.39. The first-order valence-corrected chi connectivity index (χ1v) is 5.24. The molecule has 0 aromatic carbocycles. The Hall–Kier alpha value is -0.250. The van der Waals surface area contributed by atoms with Gasteiger partial charge in [0.05, 0.1) is 0 Å². The highest BCUT2D eigenvalue weighted by Gasteiger charge is 2.35. The van der Waals surface area contributed by atoms with E-state index in [1.807, 2.05) is 0 Å². The highest BCUT2D eigenvalue weighted by molar-refractivity contribution is 4.78. The van der Waals surface area contributed by atoms with Crippen LogP contribution in [-0.2, 0) is 0 Å². The van der Waals surface area contributed by atoms with Crippen LogP contribution < -0.4 is 5.32 Å². The Morgan fingerprint density at radius 3 is 2.29 bits per heavy atom. The molecule has 0 radical (unpaired) electrons. The van der Waals surface area contributed by atoms with Crippen molar-refractivity contribution in [3.8, 4) is 0 Å². The van der Waals surface area contributed by atoms with Crippen LogP contribution in [0.4, 0.5) is 13.2 Å². The van der Waals surface area contributed by atoms with Gasteiger partial charge < -0.3 is 5.32 Å². The minimum Gasteiger partial charge on any atom is -0.319 e.